The van der Waals surface area contributed by atoms with Gasteiger partial charge in [0.25, 0.3) is 5.91 Å². The minimum atomic E-state index is -0.427. The third-order valence-corrected chi connectivity index (χ3v) is 8.67. The molecule has 0 saturated carbocycles. The van der Waals surface area contributed by atoms with Crippen LogP contribution >= 0.6 is 0 Å². The lowest BCUT2D eigenvalue weighted by molar-refractivity contribution is -0.130. The summed E-state index contributed by atoms with van der Waals surface area (Å²) in [6, 6.07) is 25.3. The summed E-state index contributed by atoms with van der Waals surface area (Å²) in [5, 5.41) is 12.3. The molecule has 3 aromatic rings. The van der Waals surface area contributed by atoms with Crippen LogP contribution in [0.4, 0.5) is 16.2 Å². The third-order valence-electron chi connectivity index (χ3n) is 8.67. The quantitative estimate of drug-likeness (QED) is 0.127. The van der Waals surface area contributed by atoms with Gasteiger partial charge in [-0.2, -0.15) is 0 Å². The summed E-state index contributed by atoms with van der Waals surface area (Å²) in [5.41, 5.74) is 4.37. The van der Waals surface area contributed by atoms with Crippen molar-refractivity contribution in [3.63, 3.8) is 0 Å². The molecule has 0 aliphatic carbocycles. The van der Waals surface area contributed by atoms with Crippen LogP contribution in [0.2, 0.25) is 0 Å². The molecule has 1 aliphatic rings. The molecule has 0 radical (unpaired) electrons. The van der Waals surface area contributed by atoms with Crippen molar-refractivity contribution in [1.82, 2.24) is 20.4 Å². The number of hydrogen-bond acceptors (Lipinski definition) is 7. The lowest BCUT2D eigenvalue weighted by Crippen LogP contribution is -2.42. The van der Waals surface area contributed by atoms with E-state index in [4.69, 9.17) is 4.74 Å². The molecule has 1 heterocycles. The van der Waals surface area contributed by atoms with Crippen LogP contribution in [-0.2, 0) is 9.53 Å². The van der Waals surface area contributed by atoms with E-state index in [1.54, 1.807) is 0 Å². The number of rotatable bonds is 18. The zero-order valence-electron chi connectivity index (χ0n) is 28.5. The number of ether oxygens (including phenoxy) is 1. The number of para-hydroxylation sites is 1. The number of anilines is 2. The second-order valence-corrected chi connectivity index (χ2v) is 12.3. The Hall–Kier alpha value is -4.41. The summed E-state index contributed by atoms with van der Waals surface area (Å²) in [6.45, 7) is 5.52. The van der Waals surface area contributed by atoms with Gasteiger partial charge in [-0.15, -0.1) is 0 Å². The van der Waals surface area contributed by atoms with Gasteiger partial charge in [0.15, 0.2) is 0 Å². The SMILES string of the molecule is CNCCCNC(=O)c1ccc(NCCCCCC(=O)N(C)CCN2CCC(OC(=O)Nc3ccccc3-c3ccccc3)CC2)cc1. The Labute approximate surface area is 285 Å². The summed E-state index contributed by atoms with van der Waals surface area (Å²) < 4.78 is 5.76. The first kappa shape index (κ1) is 36.4. The molecule has 4 N–H and O–H groups in total. The second-order valence-electron chi connectivity index (χ2n) is 12.3. The Balaban J connectivity index is 1.04. The Bertz CT molecular complexity index is 1410. The van der Waals surface area contributed by atoms with Crippen molar-refractivity contribution in [1.29, 1.82) is 0 Å². The van der Waals surface area contributed by atoms with Gasteiger partial charge in [0.05, 0.1) is 5.69 Å². The molecule has 1 fully saturated rings. The molecule has 4 rings (SSSR count). The molecule has 3 amide bonds. The van der Waals surface area contributed by atoms with Crippen molar-refractivity contribution in [3.05, 3.63) is 84.4 Å². The topological polar surface area (TPSA) is 115 Å². The molecule has 1 aliphatic heterocycles. The Morgan fingerprint density at radius 2 is 1.56 bits per heavy atom. The second kappa shape index (κ2) is 20.1. The summed E-state index contributed by atoms with van der Waals surface area (Å²) >= 11 is 0. The zero-order valence-corrected chi connectivity index (χ0v) is 28.5. The van der Waals surface area contributed by atoms with Crippen molar-refractivity contribution in [2.75, 3.05) is 70.5 Å². The average Bonchev–Trinajstić information content (AvgIpc) is 3.11. The van der Waals surface area contributed by atoms with Crippen LogP contribution in [-0.4, -0.2) is 93.7 Å². The maximum absolute atomic E-state index is 12.7. The molecule has 48 heavy (non-hydrogen) atoms. The minimum absolute atomic E-state index is 0.0508. The van der Waals surface area contributed by atoms with Crippen molar-refractivity contribution >= 4 is 29.3 Å². The fourth-order valence-electron chi connectivity index (χ4n) is 5.73. The molecule has 0 unspecified atom stereocenters. The summed E-state index contributed by atoms with van der Waals surface area (Å²) in [6.07, 6.45) is 5.25. The van der Waals surface area contributed by atoms with Crippen LogP contribution in [0.15, 0.2) is 78.9 Å². The number of carbonyl (C=O) groups excluding carboxylic acids is 3. The highest BCUT2D eigenvalue weighted by molar-refractivity contribution is 5.94. The number of unbranched alkanes of at least 4 members (excludes halogenated alkanes) is 2. The van der Waals surface area contributed by atoms with E-state index < -0.39 is 6.09 Å². The van der Waals surface area contributed by atoms with Crippen molar-refractivity contribution in [3.8, 4) is 11.1 Å². The maximum Gasteiger partial charge on any atom is 0.411 e. The van der Waals surface area contributed by atoms with Gasteiger partial charge < -0.3 is 30.5 Å². The van der Waals surface area contributed by atoms with Gasteiger partial charge in [0.2, 0.25) is 5.91 Å². The van der Waals surface area contributed by atoms with Crippen molar-refractivity contribution in [2.45, 2.75) is 51.0 Å². The Kier molecular flexibility index (Phi) is 15.2. The monoisotopic (exact) mass is 656 g/mol. The lowest BCUT2D eigenvalue weighted by Gasteiger charge is -2.32. The van der Waals surface area contributed by atoms with Gasteiger partial charge in [0, 0.05) is 69.6 Å². The fourth-order valence-corrected chi connectivity index (χ4v) is 5.73. The molecule has 258 valence electrons. The van der Waals surface area contributed by atoms with Crippen LogP contribution < -0.4 is 21.3 Å². The first-order valence-corrected chi connectivity index (χ1v) is 17.3. The summed E-state index contributed by atoms with van der Waals surface area (Å²) in [5.74, 6) is 0.124. The van der Waals surface area contributed by atoms with E-state index in [9.17, 15) is 14.4 Å². The maximum atomic E-state index is 12.7. The van der Waals surface area contributed by atoms with E-state index in [0.717, 1.165) is 93.8 Å². The molecule has 3 aromatic carbocycles. The first-order valence-electron chi connectivity index (χ1n) is 17.3. The molecular formula is C38H52N6O4. The van der Waals surface area contributed by atoms with Crippen LogP contribution in [0.25, 0.3) is 11.1 Å². The molecule has 0 bridgehead atoms. The Morgan fingerprint density at radius 1 is 0.833 bits per heavy atom. The van der Waals surface area contributed by atoms with Gasteiger partial charge >= 0.3 is 6.09 Å². The largest absolute Gasteiger partial charge is 0.446 e. The van der Waals surface area contributed by atoms with Gasteiger partial charge in [-0.05, 0) is 81.6 Å². The lowest BCUT2D eigenvalue weighted by atomic mass is 10.0. The van der Waals surface area contributed by atoms with Gasteiger partial charge in [0.1, 0.15) is 6.10 Å². The molecule has 0 atom stereocenters. The van der Waals surface area contributed by atoms with Crippen molar-refractivity contribution in [2.24, 2.45) is 0 Å². The molecule has 10 heteroatoms. The minimum Gasteiger partial charge on any atom is -0.446 e. The molecule has 1 saturated heterocycles. The molecule has 0 spiro atoms. The van der Waals surface area contributed by atoms with Crippen molar-refractivity contribution < 1.29 is 19.1 Å². The van der Waals surface area contributed by atoms with E-state index in [2.05, 4.69) is 26.2 Å². The number of amides is 3. The predicted octanol–water partition coefficient (Wildman–Crippen LogP) is 5.84. The number of carbonyl (C=O) groups is 3. The van der Waals surface area contributed by atoms with E-state index >= 15 is 0 Å². The number of nitrogens with one attached hydrogen (secondary N) is 4. The average molecular weight is 657 g/mol. The molecular weight excluding hydrogens is 604 g/mol. The zero-order chi connectivity index (χ0) is 34.0. The number of piperidine rings is 1. The van der Waals surface area contributed by atoms with E-state index in [0.29, 0.717) is 25.1 Å². The first-order chi connectivity index (χ1) is 23.4. The molecule has 10 nitrogen and oxygen atoms in total. The normalized spacial score (nSPS) is 13.5. The number of nitrogens with zero attached hydrogens (tertiary/aromatic N) is 2. The number of hydrogen-bond donors (Lipinski definition) is 4. The number of benzene rings is 3. The highest BCUT2D eigenvalue weighted by Crippen LogP contribution is 2.28. The van der Waals surface area contributed by atoms with Gasteiger partial charge in [-0.25, -0.2) is 4.79 Å². The van der Waals surface area contributed by atoms with E-state index in [-0.39, 0.29) is 17.9 Å². The summed E-state index contributed by atoms with van der Waals surface area (Å²) in [4.78, 5) is 41.8. The number of likely N-dealkylation sites (tertiary alicyclic amines) is 1. The van der Waals surface area contributed by atoms with Crippen LogP contribution in [0, 0.1) is 0 Å². The summed E-state index contributed by atoms with van der Waals surface area (Å²) in [7, 11) is 3.78. The number of likely N-dealkylation sites (N-methyl/N-ethyl adjacent to an activating group) is 1. The highest BCUT2D eigenvalue weighted by Gasteiger charge is 2.23. The van der Waals surface area contributed by atoms with Crippen LogP contribution in [0.3, 0.4) is 0 Å². The third kappa shape index (κ3) is 12.3. The molecule has 0 aromatic heterocycles. The van der Waals surface area contributed by atoms with Gasteiger partial charge in [-0.1, -0.05) is 55.0 Å². The van der Waals surface area contributed by atoms with Gasteiger partial charge in [-0.3, -0.25) is 14.9 Å². The van der Waals surface area contributed by atoms with E-state index in [1.165, 1.54) is 0 Å². The van der Waals surface area contributed by atoms with E-state index in [1.807, 2.05) is 97.9 Å². The Morgan fingerprint density at radius 3 is 2.31 bits per heavy atom. The fraction of sp³-hybridized carbons (Fsp3) is 0.447. The smallest absolute Gasteiger partial charge is 0.411 e. The predicted molar refractivity (Wildman–Crippen MR) is 193 cm³/mol. The van der Waals surface area contributed by atoms with Crippen LogP contribution in [0.1, 0.15) is 55.3 Å². The van der Waals surface area contributed by atoms with Crippen LogP contribution in [0.5, 0.6) is 0 Å². The highest BCUT2D eigenvalue weighted by atomic mass is 16.6. The standard InChI is InChI=1S/C38H52N6O4/c1-39-23-11-25-41-37(46)31-17-19-32(20-18-31)40-24-10-4-7-16-36(45)43(2)28-29-44-26-21-33(22-27-44)48-38(47)42-35-15-9-8-14-34(35)30-12-5-3-6-13-30/h3,5-6,8-9,12-15,17-20,33,39-40H,4,7,10-11,16,21-29H2,1-2H3,(H,41,46)(H,42,47).